The second-order valence-corrected chi connectivity index (χ2v) is 5.54. The van der Waals surface area contributed by atoms with E-state index in [9.17, 15) is 19.7 Å². The van der Waals surface area contributed by atoms with Crippen LogP contribution in [0.15, 0.2) is 42.6 Å². The van der Waals surface area contributed by atoms with E-state index in [-0.39, 0.29) is 12.5 Å². The Morgan fingerprint density at radius 1 is 1.27 bits per heavy atom. The Hall–Kier alpha value is -3.42. The number of benzene rings is 1. The number of hydrogen-bond donors (Lipinski definition) is 0. The summed E-state index contributed by atoms with van der Waals surface area (Å²) in [4.78, 5) is 34.8. The monoisotopic (exact) mass is 357 g/mol. The van der Waals surface area contributed by atoms with Crippen molar-refractivity contribution in [1.29, 1.82) is 0 Å². The molecule has 0 saturated heterocycles. The van der Waals surface area contributed by atoms with Gasteiger partial charge in [-0.1, -0.05) is 18.2 Å². The van der Waals surface area contributed by atoms with Gasteiger partial charge in [0.2, 0.25) is 6.20 Å². The van der Waals surface area contributed by atoms with Crippen LogP contribution in [0.1, 0.15) is 27.3 Å². The lowest BCUT2D eigenvalue weighted by Crippen LogP contribution is -2.45. The van der Waals surface area contributed by atoms with Gasteiger partial charge in [-0.15, -0.1) is 0 Å². The first-order valence-electron chi connectivity index (χ1n) is 7.79. The van der Waals surface area contributed by atoms with Crippen LogP contribution in [-0.2, 0) is 9.53 Å². The summed E-state index contributed by atoms with van der Waals surface area (Å²) in [6, 6.07) is 10.2. The Bertz CT molecular complexity index is 855. The third kappa shape index (κ3) is 4.15. The van der Waals surface area contributed by atoms with Crippen LogP contribution in [-0.4, -0.2) is 35.1 Å². The van der Waals surface area contributed by atoms with Gasteiger partial charge in [-0.25, -0.2) is 5.01 Å². The molecule has 0 saturated carbocycles. The molecule has 1 heterocycles. The van der Waals surface area contributed by atoms with E-state index in [2.05, 4.69) is 0 Å². The Labute approximate surface area is 150 Å². The minimum atomic E-state index is -0.579. The highest BCUT2D eigenvalue weighted by molar-refractivity contribution is 6.03. The number of rotatable bonds is 6. The van der Waals surface area contributed by atoms with Gasteiger partial charge in [0.05, 0.1) is 12.0 Å². The predicted molar refractivity (Wildman–Crippen MR) is 95.8 cm³/mol. The average molecular weight is 357 g/mol. The summed E-state index contributed by atoms with van der Waals surface area (Å²) in [6.45, 7) is 3.17. The van der Waals surface area contributed by atoms with Crippen LogP contribution in [0.4, 0.5) is 0 Å². The van der Waals surface area contributed by atoms with Crippen molar-refractivity contribution >= 4 is 18.0 Å². The zero-order valence-corrected chi connectivity index (χ0v) is 14.7. The molecule has 0 unspecified atom stereocenters. The van der Waals surface area contributed by atoms with E-state index in [0.29, 0.717) is 22.5 Å². The lowest BCUT2D eigenvalue weighted by Gasteiger charge is -2.26. The lowest BCUT2D eigenvalue weighted by atomic mass is 10.2. The first-order valence-corrected chi connectivity index (χ1v) is 7.79. The molecule has 2 rings (SSSR count). The number of ether oxygens (including phenoxy) is 1. The number of aryl methyl sites for hydroxylation is 1. The number of aromatic nitrogens is 1. The number of carbonyl (C=O) groups excluding carboxylic acids is 2. The summed E-state index contributed by atoms with van der Waals surface area (Å²) in [5, 5.41) is 11.8. The standard InChI is InChI=1S/C18H19N3O5/c1-13-11-16(9-10-20(24)25)14(2)21(13)19(12-17(22)26-3)18(23)15-7-5-4-6-8-15/h4-11H,12H2,1-3H3/b10-9-. The average Bonchev–Trinajstić information content (AvgIpc) is 2.91. The zero-order valence-electron chi connectivity index (χ0n) is 14.7. The van der Waals surface area contributed by atoms with Gasteiger partial charge in [-0.3, -0.25) is 24.4 Å². The summed E-state index contributed by atoms with van der Waals surface area (Å²) in [7, 11) is 1.24. The molecule has 2 aromatic rings. The van der Waals surface area contributed by atoms with E-state index >= 15 is 0 Å². The second kappa shape index (κ2) is 8.11. The summed E-state index contributed by atoms with van der Waals surface area (Å²) in [5.41, 5.74) is 2.23. The van der Waals surface area contributed by atoms with Crippen LogP contribution >= 0.6 is 0 Å². The van der Waals surface area contributed by atoms with Crippen LogP contribution < -0.4 is 5.01 Å². The van der Waals surface area contributed by atoms with Gasteiger partial charge in [0.15, 0.2) is 0 Å². The Balaban J connectivity index is 2.50. The van der Waals surface area contributed by atoms with Gasteiger partial charge in [-0.2, -0.15) is 0 Å². The highest BCUT2D eigenvalue weighted by Crippen LogP contribution is 2.19. The van der Waals surface area contributed by atoms with Crippen molar-refractivity contribution in [3.63, 3.8) is 0 Å². The third-order valence-electron chi connectivity index (χ3n) is 3.81. The molecule has 8 heteroatoms. The van der Waals surface area contributed by atoms with Crippen molar-refractivity contribution in [2.24, 2.45) is 0 Å². The molecule has 0 spiro atoms. The SMILES string of the molecule is COC(=O)CN(C(=O)c1ccccc1)n1c(C)cc(/C=C\[N+](=O)[O-])c1C. The molecule has 0 aliphatic heterocycles. The number of carbonyl (C=O) groups is 2. The number of hydrogen-bond acceptors (Lipinski definition) is 5. The summed E-state index contributed by atoms with van der Waals surface area (Å²) in [6.07, 6.45) is 2.18. The fourth-order valence-corrected chi connectivity index (χ4v) is 2.61. The van der Waals surface area contributed by atoms with Crippen molar-refractivity contribution in [2.75, 3.05) is 18.7 Å². The quantitative estimate of drug-likeness (QED) is 0.449. The van der Waals surface area contributed by atoms with E-state index in [0.717, 1.165) is 6.20 Å². The molecule has 1 amide bonds. The van der Waals surface area contributed by atoms with Gasteiger partial charge in [0.1, 0.15) is 6.54 Å². The highest BCUT2D eigenvalue weighted by atomic mass is 16.6. The topological polar surface area (TPSA) is 94.7 Å². The fraction of sp³-hybridized carbons (Fsp3) is 0.222. The molecule has 0 fully saturated rings. The number of nitro groups is 1. The number of esters is 1. The number of amides is 1. The maximum Gasteiger partial charge on any atom is 0.327 e. The largest absolute Gasteiger partial charge is 0.468 e. The molecule has 8 nitrogen and oxygen atoms in total. The molecule has 0 N–H and O–H groups in total. The number of nitrogens with zero attached hydrogens (tertiary/aromatic N) is 3. The maximum atomic E-state index is 12.9. The molecule has 1 aromatic heterocycles. The van der Waals surface area contributed by atoms with E-state index < -0.39 is 10.9 Å². The van der Waals surface area contributed by atoms with Crippen molar-refractivity contribution < 1.29 is 19.2 Å². The van der Waals surface area contributed by atoms with Gasteiger partial charge in [-0.05, 0) is 32.0 Å². The van der Waals surface area contributed by atoms with Crippen LogP contribution in [0.3, 0.4) is 0 Å². The minimum Gasteiger partial charge on any atom is -0.468 e. The first kappa shape index (κ1) is 18.9. The molecule has 0 aliphatic rings. The van der Waals surface area contributed by atoms with Gasteiger partial charge >= 0.3 is 5.97 Å². The smallest absolute Gasteiger partial charge is 0.327 e. The molecular weight excluding hydrogens is 338 g/mol. The van der Waals surface area contributed by atoms with Crippen molar-refractivity contribution in [1.82, 2.24) is 4.68 Å². The number of methoxy groups -OCH3 is 1. The summed E-state index contributed by atoms with van der Waals surface area (Å²) >= 11 is 0. The molecule has 0 radical (unpaired) electrons. The Morgan fingerprint density at radius 3 is 2.50 bits per heavy atom. The van der Waals surface area contributed by atoms with Crippen LogP contribution in [0.25, 0.3) is 6.08 Å². The van der Waals surface area contributed by atoms with E-state index in [1.807, 2.05) is 0 Å². The molecule has 0 aliphatic carbocycles. The normalized spacial score (nSPS) is 10.7. The van der Waals surface area contributed by atoms with Gasteiger partial charge in [0.25, 0.3) is 5.91 Å². The molecule has 1 aromatic carbocycles. The summed E-state index contributed by atoms with van der Waals surface area (Å²) in [5.74, 6) is -0.966. The first-order chi connectivity index (χ1) is 12.3. The Kier molecular flexibility index (Phi) is 5.90. The molecular formula is C18H19N3O5. The van der Waals surface area contributed by atoms with E-state index in [1.165, 1.54) is 18.2 Å². The Morgan fingerprint density at radius 2 is 1.92 bits per heavy atom. The molecule has 0 bridgehead atoms. The van der Waals surface area contributed by atoms with Crippen molar-refractivity contribution in [3.05, 3.63) is 75.2 Å². The molecule has 26 heavy (non-hydrogen) atoms. The van der Waals surface area contributed by atoms with E-state index in [1.54, 1.807) is 54.9 Å². The van der Waals surface area contributed by atoms with Crippen molar-refractivity contribution in [3.8, 4) is 0 Å². The predicted octanol–water partition coefficient (Wildman–Crippen LogP) is 2.30. The van der Waals surface area contributed by atoms with Crippen LogP contribution in [0.2, 0.25) is 0 Å². The molecule has 0 atom stereocenters. The van der Waals surface area contributed by atoms with Gasteiger partial charge < -0.3 is 4.74 Å². The maximum absolute atomic E-state index is 12.9. The van der Waals surface area contributed by atoms with Crippen LogP contribution in [0, 0.1) is 24.0 Å². The third-order valence-corrected chi connectivity index (χ3v) is 3.81. The minimum absolute atomic E-state index is 0.293. The van der Waals surface area contributed by atoms with Crippen LogP contribution in [0.5, 0.6) is 0 Å². The van der Waals surface area contributed by atoms with Gasteiger partial charge in [0, 0.05) is 28.6 Å². The van der Waals surface area contributed by atoms with E-state index in [4.69, 9.17) is 4.74 Å². The highest BCUT2D eigenvalue weighted by Gasteiger charge is 2.24. The molecule has 136 valence electrons. The summed E-state index contributed by atoms with van der Waals surface area (Å²) < 4.78 is 6.27. The fourth-order valence-electron chi connectivity index (χ4n) is 2.61. The second-order valence-electron chi connectivity index (χ2n) is 5.54. The zero-order chi connectivity index (χ0) is 19.3. The van der Waals surface area contributed by atoms with Crippen molar-refractivity contribution in [2.45, 2.75) is 13.8 Å². The lowest BCUT2D eigenvalue weighted by molar-refractivity contribution is -0.400.